The molecule has 1 aromatic heterocycles. The Morgan fingerprint density at radius 1 is 1.11 bits per heavy atom. The number of aromatic nitrogens is 1. The minimum absolute atomic E-state index is 0.0596. The number of benzene rings is 3. The van der Waals surface area contributed by atoms with Crippen LogP contribution in [-0.4, -0.2) is 9.49 Å². The van der Waals surface area contributed by atoms with E-state index < -0.39 is 4.92 Å². The summed E-state index contributed by atoms with van der Waals surface area (Å²) in [7, 11) is 0. The molecule has 178 valence electrons. The smallest absolute Gasteiger partial charge is 0.272 e. The molecule has 4 aromatic rings. The third-order valence-corrected chi connectivity index (χ3v) is 8.03. The number of fused-ring (bicyclic) bond motifs is 3. The molecule has 0 amide bonds. The van der Waals surface area contributed by atoms with Gasteiger partial charge in [-0.15, -0.1) is 0 Å². The number of halogens is 1. The normalized spacial score (nSPS) is 16.7. The van der Waals surface area contributed by atoms with Crippen LogP contribution in [0.2, 0.25) is 5.02 Å². The zero-order chi connectivity index (χ0) is 25.0. The fourth-order valence-electron chi connectivity index (χ4n) is 4.98. The first-order valence-corrected chi connectivity index (χ1v) is 12.7. The van der Waals surface area contributed by atoms with Crippen molar-refractivity contribution in [3.05, 3.63) is 135 Å². The first-order valence-electron chi connectivity index (χ1n) is 11.5. The van der Waals surface area contributed by atoms with Crippen molar-refractivity contribution in [2.75, 3.05) is 0 Å². The molecule has 1 aliphatic heterocycles. The monoisotopic (exact) mass is 513 g/mol. The van der Waals surface area contributed by atoms with Crippen molar-refractivity contribution >= 4 is 40.4 Å². The highest BCUT2D eigenvalue weighted by molar-refractivity contribution is 7.07. The molecule has 0 N–H and O–H groups in total. The Labute approximate surface area is 215 Å². The van der Waals surface area contributed by atoms with E-state index in [9.17, 15) is 14.9 Å². The molecule has 0 radical (unpaired) electrons. The Balaban J connectivity index is 1.60. The summed E-state index contributed by atoms with van der Waals surface area (Å²) in [5, 5.41) is 11.4. The lowest BCUT2D eigenvalue weighted by Crippen LogP contribution is -2.38. The third kappa shape index (κ3) is 3.72. The number of hydrogen-bond acceptors (Lipinski definition) is 5. The van der Waals surface area contributed by atoms with Gasteiger partial charge in [0.2, 0.25) is 0 Å². The number of nitro benzene ring substituents is 1. The molecule has 1 aliphatic carbocycles. The second-order valence-corrected chi connectivity index (χ2v) is 10.4. The van der Waals surface area contributed by atoms with Gasteiger partial charge < -0.3 is 0 Å². The lowest BCUT2D eigenvalue weighted by Gasteiger charge is -2.30. The van der Waals surface area contributed by atoms with Crippen LogP contribution in [-0.2, 0) is 6.42 Å². The minimum Gasteiger partial charge on any atom is -0.272 e. The largest absolute Gasteiger partial charge is 0.288 e. The van der Waals surface area contributed by atoms with Gasteiger partial charge in [0.1, 0.15) is 5.02 Å². The van der Waals surface area contributed by atoms with Gasteiger partial charge in [0.05, 0.1) is 21.2 Å². The van der Waals surface area contributed by atoms with Crippen LogP contribution in [0.3, 0.4) is 0 Å². The van der Waals surface area contributed by atoms with E-state index in [-0.39, 0.29) is 22.3 Å². The molecule has 6 rings (SSSR count). The highest BCUT2D eigenvalue weighted by Gasteiger charge is 2.32. The average Bonchev–Trinajstić information content (AvgIpc) is 3.18. The maximum absolute atomic E-state index is 13.8. The lowest BCUT2D eigenvalue weighted by molar-refractivity contribution is -0.384. The topological polar surface area (TPSA) is 77.5 Å². The van der Waals surface area contributed by atoms with Crippen LogP contribution in [0.4, 0.5) is 5.69 Å². The number of nitro groups is 1. The Morgan fingerprint density at radius 3 is 2.67 bits per heavy atom. The number of nitrogens with zero attached hydrogens (tertiary/aromatic N) is 3. The second kappa shape index (κ2) is 8.69. The van der Waals surface area contributed by atoms with E-state index in [1.165, 1.54) is 29.0 Å². The molecule has 0 spiro atoms. The number of hydrogen-bond donors (Lipinski definition) is 0. The fourth-order valence-corrected chi connectivity index (χ4v) is 6.17. The van der Waals surface area contributed by atoms with Crippen molar-refractivity contribution in [2.24, 2.45) is 4.99 Å². The van der Waals surface area contributed by atoms with Crippen LogP contribution >= 0.6 is 22.9 Å². The van der Waals surface area contributed by atoms with Crippen molar-refractivity contribution in [3.63, 3.8) is 0 Å². The molecule has 3 aromatic carbocycles. The molecule has 1 unspecified atom stereocenters. The summed E-state index contributed by atoms with van der Waals surface area (Å²) < 4.78 is 2.24. The number of allylic oxidation sites excluding steroid dienone is 1. The Hall–Kier alpha value is -3.81. The summed E-state index contributed by atoms with van der Waals surface area (Å²) in [5.41, 5.74) is 6.83. The second-order valence-electron chi connectivity index (χ2n) is 8.99. The van der Waals surface area contributed by atoms with E-state index in [0.29, 0.717) is 14.9 Å². The van der Waals surface area contributed by atoms with E-state index in [4.69, 9.17) is 16.6 Å². The van der Waals surface area contributed by atoms with Gasteiger partial charge in [0.15, 0.2) is 4.80 Å². The van der Waals surface area contributed by atoms with Crippen LogP contribution in [0.5, 0.6) is 0 Å². The SMILES string of the molecule is Cc1ccc(C2C3=C(N=c4sc(=Cc5ccc(Cl)c([N+](=O)[O-])c5)c(=O)n42)c2ccccc2CC3)cc1. The van der Waals surface area contributed by atoms with Gasteiger partial charge in [-0.3, -0.25) is 19.5 Å². The molecule has 1 atom stereocenters. The summed E-state index contributed by atoms with van der Waals surface area (Å²) in [4.78, 5) is 30.2. The maximum atomic E-state index is 13.8. The molecule has 6 nitrogen and oxygen atoms in total. The zero-order valence-electron chi connectivity index (χ0n) is 19.3. The molecular formula is C28H20ClN3O3S. The Kier molecular flexibility index (Phi) is 5.47. The van der Waals surface area contributed by atoms with Crippen LogP contribution in [0.15, 0.2) is 82.1 Å². The van der Waals surface area contributed by atoms with Gasteiger partial charge >= 0.3 is 0 Å². The fraction of sp³-hybridized carbons (Fsp3) is 0.143. The van der Waals surface area contributed by atoms with Gasteiger partial charge in [-0.25, -0.2) is 4.99 Å². The molecule has 0 saturated carbocycles. The van der Waals surface area contributed by atoms with Gasteiger partial charge in [0, 0.05) is 11.6 Å². The molecule has 0 bridgehead atoms. The van der Waals surface area contributed by atoms with Gasteiger partial charge in [0.25, 0.3) is 11.2 Å². The first kappa shape index (κ1) is 22.6. The lowest BCUT2D eigenvalue weighted by atomic mass is 9.83. The van der Waals surface area contributed by atoms with Crippen molar-refractivity contribution in [2.45, 2.75) is 25.8 Å². The summed E-state index contributed by atoms with van der Waals surface area (Å²) in [5.74, 6) is 0. The molecule has 0 saturated heterocycles. The van der Waals surface area contributed by atoms with Crippen molar-refractivity contribution in [1.82, 2.24) is 4.57 Å². The van der Waals surface area contributed by atoms with E-state index >= 15 is 0 Å². The third-order valence-electron chi connectivity index (χ3n) is 6.73. The van der Waals surface area contributed by atoms with Crippen molar-refractivity contribution in [1.29, 1.82) is 0 Å². The number of rotatable bonds is 3. The van der Waals surface area contributed by atoms with Crippen LogP contribution in [0.25, 0.3) is 11.8 Å². The zero-order valence-corrected chi connectivity index (χ0v) is 20.8. The first-order chi connectivity index (χ1) is 17.4. The Bertz CT molecular complexity index is 1770. The summed E-state index contributed by atoms with van der Waals surface area (Å²) in [6.45, 7) is 2.04. The maximum Gasteiger partial charge on any atom is 0.288 e. The molecule has 2 aliphatic rings. The quantitative estimate of drug-likeness (QED) is 0.279. The van der Waals surface area contributed by atoms with Crippen LogP contribution < -0.4 is 14.9 Å². The highest BCUT2D eigenvalue weighted by atomic mass is 35.5. The van der Waals surface area contributed by atoms with Crippen LogP contribution in [0, 0.1) is 17.0 Å². The molecule has 36 heavy (non-hydrogen) atoms. The number of thiazole rings is 1. The van der Waals surface area contributed by atoms with Gasteiger partial charge in [-0.2, -0.15) is 0 Å². The minimum atomic E-state index is -0.524. The summed E-state index contributed by atoms with van der Waals surface area (Å²) in [6, 6.07) is 20.9. The van der Waals surface area contributed by atoms with E-state index in [1.54, 1.807) is 16.7 Å². The highest BCUT2D eigenvalue weighted by Crippen LogP contribution is 2.41. The molecule has 2 heterocycles. The number of aryl methyl sites for hydroxylation is 2. The van der Waals surface area contributed by atoms with E-state index in [2.05, 4.69) is 36.4 Å². The average molecular weight is 514 g/mol. The van der Waals surface area contributed by atoms with Crippen LogP contribution in [0.1, 0.15) is 40.3 Å². The predicted octanol–water partition coefficient (Wildman–Crippen LogP) is 5.19. The molecule has 8 heteroatoms. The van der Waals surface area contributed by atoms with E-state index in [1.807, 2.05) is 19.1 Å². The molecule has 0 fully saturated rings. The van der Waals surface area contributed by atoms with Crippen molar-refractivity contribution < 1.29 is 4.92 Å². The standard InChI is InChI=1S/C28H20ClN3O3S/c1-16-6-9-19(10-7-16)26-21-12-11-18-4-2-3-5-20(18)25(21)30-28-31(26)27(33)24(36-28)15-17-8-13-22(29)23(14-17)32(34)35/h2-10,13-15,26H,11-12H2,1H3. The molecular weight excluding hydrogens is 494 g/mol. The summed E-state index contributed by atoms with van der Waals surface area (Å²) in [6.07, 6.45) is 3.39. The van der Waals surface area contributed by atoms with E-state index in [0.717, 1.165) is 40.8 Å². The van der Waals surface area contributed by atoms with Gasteiger partial charge in [-0.05, 0) is 54.2 Å². The van der Waals surface area contributed by atoms with Gasteiger partial charge in [-0.1, -0.05) is 83.1 Å². The Morgan fingerprint density at radius 2 is 1.89 bits per heavy atom. The predicted molar refractivity (Wildman–Crippen MR) is 142 cm³/mol. The summed E-state index contributed by atoms with van der Waals surface area (Å²) >= 11 is 7.28. The van der Waals surface area contributed by atoms with Crippen molar-refractivity contribution in [3.8, 4) is 0 Å².